The first-order valence-electron chi connectivity index (χ1n) is 4.09. The molecule has 0 aliphatic rings. The summed E-state index contributed by atoms with van der Waals surface area (Å²) in [5.74, 6) is -0.956. The van der Waals surface area contributed by atoms with Crippen LogP contribution in [-0.4, -0.2) is 31.1 Å². The van der Waals surface area contributed by atoms with Gasteiger partial charge in [0.05, 0.1) is 0 Å². The Morgan fingerprint density at radius 1 is 1.64 bits per heavy atom. The van der Waals surface area contributed by atoms with Gasteiger partial charge < -0.3 is 5.11 Å². The van der Waals surface area contributed by atoms with Gasteiger partial charge in [0.15, 0.2) is 11.7 Å². The van der Waals surface area contributed by atoms with Gasteiger partial charge in [-0.2, -0.15) is 0 Å². The third-order valence-corrected chi connectivity index (χ3v) is 1.96. The second-order valence-electron chi connectivity index (χ2n) is 2.89. The Kier molecular flexibility index (Phi) is 1.88. The van der Waals surface area contributed by atoms with Gasteiger partial charge in [-0.3, -0.25) is 0 Å². The topological polar surface area (TPSA) is 80.9 Å². The predicted octanol–water partition coefficient (Wildman–Crippen LogP) is 0.472. The molecule has 0 unspecified atom stereocenters. The lowest BCUT2D eigenvalue weighted by Crippen LogP contribution is -2.17. The quantitative estimate of drug-likeness (QED) is 0.748. The predicted molar refractivity (Wildman–Crippen MR) is 47.7 cm³/mol. The van der Waals surface area contributed by atoms with Crippen molar-refractivity contribution < 1.29 is 9.90 Å². The average Bonchev–Trinajstić information content (AvgIpc) is 2.60. The van der Waals surface area contributed by atoms with Crippen molar-refractivity contribution in [2.45, 2.75) is 13.0 Å². The standard InChI is InChI=1S/C8H8N4O2/c1-5(8(13)14)12-7-6(10-11-12)3-2-4-9-7/h2-5H,1H3,(H,13,14)/t5-/m1/s1. The van der Waals surface area contributed by atoms with Gasteiger partial charge in [-0.05, 0) is 19.1 Å². The molecule has 2 rings (SSSR count). The number of hydrogen-bond donors (Lipinski definition) is 1. The van der Waals surface area contributed by atoms with Crippen LogP contribution in [0.4, 0.5) is 0 Å². The first-order valence-corrected chi connectivity index (χ1v) is 4.09. The molecule has 0 aromatic carbocycles. The third-order valence-electron chi connectivity index (χ3n) is 1.96. The van der Waals surface area contributed by atoms with E-state index in [-0.39, 0.29) is 0 Å². The molecule has 0 amide bonds. The van der Waals surface area contributed by atoms with E-state index in [1.807, 2.05) is 0 Å². The summed E-state index contributed by atoms with van der Waals surface area (Å²) >= 11 is 0. The number of carbonyl (C=O) groups is 1. The summed E-state index contributed by atoms with van der Waals surface area (Å²) < 4.78 is 1.29. The van der Waals surface area contributed by atoms with Crippen LogP contribution in [0, 0.1) is 0 Å². The lowest BCUT2D eigenvalue weighted by Gasteiger charge is -2.04. The molecule has 2 heterocycles. The summed E-state index contributed by atoms with van der Waals surface area (Å²) in [7, 11) is 0. The van der Waals surface area contributed by atoms with E-state index in [9.17, 15) is 4.79 Å². The minimum absolute atomic E-state index is 0.488. The van der Waals surface area contributed by atoms with Crippen LogP contribution in [0.1, 0.15) is 13.0 Å². The van der Waals surface area contributed by atoms with Crippen LogP contribution in [0.15, 0.2) is 18.3 Å². The summed E-state index contributed by atoms with van der Waals surface area (Å²) in [6.45, 7) is 1.53. The fourth-order valence-corrected chi connectivity index (χ4v) is 1.15. The summed E-state index contributed by atoms with van der Waals surface area (Å²) in [4.78, 5) is 14.7. The third kappa shape index (κ3) is 1.20. The van der Waals surface area contributed by atoms with Gasteiger partial charge in [-0.15, -0.1) is 5.10 Å². The highest BCUT2D eigenvalue weighted by Gasteiger charge is 2.17. The van der Waals surface area contributed by atoms with E-state index < -0.39 is 12.0 Å². The smallest absolute Gasteiger partial charge is 0.328 e. The maximum atomic E-state index is 10.7. The van der Waals surface area contributed by atoms with Crippen molar-refractivity contribution in [2.75, 3.05) is 0 Å². The molecule has 0 fully saturated rings. The van der Waals surface area contributed by atoms with Crippen LogP contribution in [0.5, 0.6) is 0 Å². The fraction of sp³-hybridized carbons (Fsp3) is 0.250. The van der Waals surface area contributed by atoms with Crippen LogP contribution >= 0.6 is 0 Å². The zero-order chi connectivity index (χ0) is 10.1. The number of carboxylic acids is 1. The van der Waals surface area contributed by atoms with Crippen molar-refractivity contribution >= 4 is 17.1 Å². The molecule has 1 N–H and O–H groups in total. The Morgan fingerprint density at radius 2 is 2.43 bits per heavy atom. The molecule has 0 aliphatic carbocycles. The van der Waals surface area contributed by atoms with Gasteiger partial charge in [-0.25, -0.2) is 14.5 Å². The number of hydrogen-bond acceptors (Lipinski definition) is 4. The molecule has 0 aliphatic heterocycles. The molecule has 0 saturated heterocycles. The molecule has 6 nitrogen and oxygen atoms in total. The van der Waals surface area contributed by atoms with Gasteiger partial charge in [0.25, 0.3) is 0 Å². The molecule has 2 aromatic rings. The lowest BCUT2D eigenvalue weighted by molar-refractivity contribution is -0.140. The zero-order valence-electron chi connectivity index (χ0n) is 7.45. The SMILES string of the molecule is C[C@H](C(=O)O)n1nnc2cccnc21. The molecule has 0 spiro atoms. The Balaban J connectivity index is 2.58. The number of aliphatic carboxylic acids is 1. The van der Waals surface area contributed by atoms with Crippen LogP contribution in [0.25, 0.3) is 11.2 Å². The monoisotopic (exact) mass is 192 g/mol. The number of pyridine rings is 1. The Labute approximate surface area is 79.2 Å². The lowest BCUT2D eigenvalue weighted by atomic mass is 10.3. The minimum Gasteiger partial charge on any atom is -0.480 e. The van der Waals surface area contributed by atoms with E-state index in [0.717, 1.165) is 0 Å². The minimum atomic E-state index is -0.956. The van der Waals surface area contributed by atoms with Gasteiger partial charge in [0.1, 0.15) is 5.52 Å². The van der Waals surface area contributed by atoms with Gasteiger partial charge >= 0.3 is 5.97 Å². The maximum Gasteiger partial charge on any atom is 0.328 e. The van der Waals surface area contributed by atoms with E-state index >= 15 is 0 Å². The van der Waals surface area contributed by atoms with Crippen LogP contribution < -0.4 is 0 Å². The highest BCUT2D eigenvalue weighted by molar-refractivity contribution is 5.75. The molecular weight excluding hydrogens is 184 g/mol. The van der Waals surface area contributed by atoms with Crippen LogP contribution in [-0.2, 0) is 4.79 Å². The molecule has 0 bridgehead atoms. The number of fused-ring (bicyclic) bond motifs is 1. The summed E-state index contributed by atoms with van der Waals surface area (Å²) in [5, 5.41) is 16.3. The molecule has 0 saturated carbocycles. The molecule has 14 heavy (non-hydrogen) atoms. The second kappa shape index (κ2) is 3.06. The van der Waals surface area contributed by atoms with Crippen molar-refractivity contribution in [2.24, 2.45) is 0 Å². The molecule has 2 aromatic heterocycles. The molecule has 1 atom stereocenters. The van der Waals surface area contributed by atoms with E-state index in [1.165, 1.54) is 11.6 Å². The van der Waals surface area contributed by atoms with Crippen molar-refractivity contribution in [3.05, 3.63) is 18.3 Å². The number of nitrogens with zero attached hydrogens (tertiary/aromatic N) is 4. The summed E-state index contributed by atoms with van der Waals surface area (Å²) in [6.07, 6.45) is 1.58. The number of rotatable bonds is 2. The van der Waals surface area contributed by atoms with E-state index in [1.54, 1.807) is 18.3 Å². The average molecular weight is 192 g/mol. The van der Waals surface area contributed by atoms with Crippen molar-refractivity contribution in [1.29, 1.82) is 0 Å². The van der Waals surface area contributed by atoms with Crippen molar-refractivity contribution in [3.8, 4) is 0 Å². The van der Waals surface area contributed by atoms with Gasteiger partial charge in [-0.1, -0.05) is 5.21 Å². The molecule has 6 heteroatoms. The zero-order valence-corrected chi connectivity index (χ0v) is 7.45. The highest BCUT2D eigenvalue weighted by Crippen LogP contribution is 2.12. The fourth-order valence-electron chi connectivity index (χ4n) is 1.15. The summed E-state index contributed by atoms with van der Waals surface area (Å²) in [5.41, 5.74) is 1.09. The molecule has 72 valence electrons. The Hall–Kier alpha value is -1.98. The van der Waals surface area contributed by atoms with Crippen molar-refractivity contribution in [3.63, 3.8) is 0 Å². The summed E-state index contributed by atoms with van der Waals surface area (Å²) in [6, 6.07) is 2.71. The first kappa shape index (κ1) is 8.61. The van der Waals surface area contributed by atoms with E-state index in [4.69, 9.17) is 5.11 Å². The highest BCUT2D eigenvalue weighted by atomic mass is 16.4. The molecular formula is C8H8N4O2. The maximum absolute atomic E-state index is 10.7. The van der Waals surface area contributed by atoms with Crippen molar-refractivity contribution in [1.82, 2.24) is 20.0 Å². The second-order valence-corrected chi connectivity index (χ2v) is 2.89. The Morgan fingerprint density at radius 3 is 3.14 bits per heavy atom. The van der Waals surface area contributed by atoms with Crippen LogP contribution in [0.3, 0.4) is 0 Å². The van der Waals surface area contributed by atoms with Crippen LogP contribution in [0.2, 0.25) is 0 Å². The number of aromatic nitrogens is 4. The number of carboxylic acid groups (broad SMARTS) is 1. The first-order chi connectivity index (χ1) is 6.70. The van der Waals surface area contributed by atoms with Gasteiger partial charge in [0.2, 0.25) is 0 Å². The van der Waals surface area contributed by atoms with Gasteiger partial charge in [0, 0.05) is 6.20 Å². The largest absolute Gasteiger partial charge is 0.480 e. The normalized spacial score (nSPS) is 12.9. The Bertz CT molecular complexity index is 479. The molecule has 0 radical (unpaired) electrons. The van der Waals surface area contributed by atoms with E-state index in [0.29, 0.717) is 11.2 Å². The van der Waals surface area contributed by atoms with E-state index in [2.05, 4.69) is 15.3 Å².